The Morgan fingerprint density at radius 3 is 2.40 bits per heavy atom. The van der Waals surface area contributed by atoms with Crippen LogP contribution in [0.1, 0.15) is 37.8 Å². The van der Waals surface area contributed by atoms with Gasteiger partial charge in [-0.1, -0.05) is 49.7 Å². The van der Waals surface area contributed by atoms with Gasteiger partial charge in [0.05, 0.1) is 5.92 Å². The van der Waals surface area contributed by atoms with E-state index in [1.807, 2.05) is 19.1 Å². The number of nitrogens with one attached hydrogen (secondary N) is 1. The SMILES string of the molecule is CCCC(C(=O)NCc1ccc(CC)cc1)/C(N)=N/O. The van der Waals surface area contributed by atoms with Crippen LogP contribution in [0, 0.1) is 5.92 Å². The quantitative estimate of drug-likeness (QED) is 0.308. The number of nitrogens with zero attached hydrogens (tertiary/aromatic N) is 1. The van der Waals surface area contributed by atoms with E-state index in [0.29, 0.717) is 13.0 Å². The smallest absolute Gasteiger partial charge is 0.231 e. The first kappa shape index (κ1) is 16.0. The summed E-state index contributed by atoms with van der Waals surface area (Å²) >= 11 is 0. The monoisotopic (exact) mass is 277 g/mol. The van der Waals surface area contributed by atoms with Gasteiger partial charge in [0.2, 0.25) is 5.91 Å². The molecule has 0 aliphatic rings. The first-order valence-corrected chi connectivity index (χ1v) is 6.95. The molecule has 1 rings (SSSR count). The highest BCUT2D eigenvalue weighted by atomic mass is 16.4. The predicted octanol–water partition coefficient (Wildman–Crippen LogP) is 2.03. The highest BCUT2D eigenvalue weighted by molar-refractivity contribution is 6.01. The topological polar surface area (TPSA) is 87.7 Å². The van der Waals surface area contributed by atoms with Crippen LogP contribution in [0.4, 0.5) is 0 Å². The van der Waals surface area contributed by atoms with Crippen molar-refractivity contribution in [2.24, 2.45) is 16.8 Å². The van der Waals surface area contributed by atoms with Crippen LogP contribution in [-0.2, 0) is 17.8 Å². The summed E-state index contributed by atoms with van der Waals surface area (Å²) < 4.78 is 0. The first-order valence-electron chi connectivity index (χ1n) is 6.95. The summed E-state index contributed by atoms with van der Waals surface area (Å²) in [6, 6.07) is 8.10. The predicted molar refractivity (Wildman–Crippen MR) is 79.5 cm³/mol. The number of rotatable bonds is 7. The fourth-order valence-corrected chi connectivity index (χ4v) is 1.98. The molecule has 0 radical (unpaired) electrons. The van der Waals surface area contributed by atoms with Gasteiger partial charge in [0.25, 0.3) is 0 Å². The molecule has 1 aromatic carbocycles. The normalized spacial score (nSPS) is 13.0. The summed E-state index contributed by atoms with van der Waals surface area (Å²) in [6.07, 6.45) is 2.35. The maximum Gasteiger partial charge on any atom is 0.231 e. The Bertz CT molecular complexity index is 455. The number of hydrogen-bond donors (Lipinski definition) is 3. The molecule has 1 amide bonds. The van der Waals surface area contributed by atoms with Crippen molar-refractivity contribution in [1.82, 2.24) is 5.32 Å². The lowest BCUT2D eigenvalue weighted by Gasteiger charge is -2.14. The fourth-order valence-electron chi connectivity index (χ4n) is 1.98. The molecular weight excluding hydrogens is 254 g/mol. The van der Waals surface area contributed by atoms with Gasteiger partial charge in [0.15, 0.2) is 5.84 Å². The molecular formula is C15H23N3O2. The molecule has 0 bridgehead atoms. The number of carbonyl (C=O) groups excluding carboxylic acids is 1. The zero-order valence-electron chi connectivity index (χ0n) is 12.1. The molecule has 1 unspecified atom stereocenters. The molecule has 0 heterocycles. The average Bonchev–Trinajstić information content (AvgIpc) is 2.50. The van der Waals surface area contributed by atoms with E-state index in [-0.39, 0.29) is 11.7 Å². The Balaban J connectivity index is 2.59. The van der Waals surface area contributed by atoms with E-state index in [0.717, 1.165) is 18.4 Å². The summed E-state index contributed by atoms with van der Waals surface area (Å²) in [5, 5.41) is 14.5. The maximum atomic E-state index is 12.0. The Labute approximate surface area is 119 Å². The highest BCUT2D eigenvalue weighted by Gasteiger charge is 2.21. The molecule has 0 spiro atoms. The Morgan fingerprint density at radius 1 is 1.30 bits per heavy atom. The van der Waals surface area contributed by atoms with Gasteiger partial charge in [-0.2, -0.15) is 0 Å². The molecule has 1 atom stereocenters. The van der Waals surface area contributed by atoms with Crippen LogP contribution in [0.5, 0.6) is 0 Å². The molecule has 0 aliphatic carbocycles. The summed E-state index contributed by atoms with van der Waals surface area (Å²) in [7, 11) is 0. The molecule has 1 aromatic rings. The molecule has 5 nitrogen and oxygen atoms in total. The van der Waals surface area contributed by atoms with Crippen LogP contribution in [-0.4, -0.2) is 17.0 Å². The van der Waals surface area contributed by atoms with Gasteiger partial charge < -0.3 is 16.3 Å². The van der Waals surface area contributed by atoms with Gasteiger partial charge in [-0.05, 0) is 24.0 Å². The van der Waals surface area contributed by atoms with E-state index in [1.54, 1.807) is 0 Å². The van der Waals surface area contributed by atoms with Crippen molar-refractivity contribution >= 4 is 11.7 Å². The number of amides is 1. The van der Waals surface area contributed by atoms with Crippen molar-refractivity contribution in [1.29, 1.82) is 0 Å². The van der Waals surface area contributed by atoms with Gasteiger partial charge in [-0.15, -0.1) is 0 Å². The van der Waals surface area contributed by atoms with Crippen LogP contribution in [0.15, 0.2) is 29.4 Å². The molecule has 5 heteroatoms. The Kier molecular flexibility index (Phi) is 6.56. The van der Waals surface area contributed by atoms with Gasteiger partial charge in [-0.3, -0.25) is 4.79 Å². The van der Waals surface area contributed by atoms with Gasteiger partial charge in [0, 0.05) is 6.54 Å². The van der Waals surface area contributed by atoms with E-state index in [4.69, 9.17) is 10.9 Å². The van der Waals surface area contributed by atoms with Crippen LogP contribution in [0.3, 0.4) is 0 Å². The molecule has 20 heavy (non-hydrogen) atoms. The average molecular weight is 277 g/mol. The second-order valence-corrected chi connectivity index (χ2v) is 4.75. The number of amidine groups is 1. The number of oxime groups is 1. The second kappa shape index (κ2) is 8.19. The number of carbonyl (C=O) groups is 1. The molecule has 0 saturated heterocycles. The number of aryl methyl sites for hydroxylation is 1. The molecule has 110 valence electrons. The van der Waals surface area contributed by atoms with Crippen molar-refractivity contribution in [3.8, 4) is 0 Å². The van der Waals surface area contributed by atoms with Crippen molar-refractivity contribution in [3.05, 3.63) is 35.4 Å². The lowest BCUT2D eigenvalue weighted by molar-refractivity contribution is -0.123. The lowest BCUT2D eigenvalue weighted by Crippen LogP contribution is -2.38. The lowest BCUT2D eigenvalue weighted by atomic mass is 10.0. The summed E-state index contributed by atoms with van der Waals surface area (Å²) in [5.41, 5.74) is 7.85. The highest BCUT2D eigenvalue weighted by Crippen LogP contribution is 2.09. The fraction of sp³-hybridized carbons (Fsp3) is 0.467. The largest absolute Gasteiger partial charge is 0.409 e. The number of nitrogens with two attached hydrogens (primary N) is 1. The summed E-state index contributed by atoms with van der Waals surface area (Å²) in [4.78, 5) is 12.0. The van der Waals surface area contributed by atoms with E-state index in [2.05, 4.69) is 29.5 Å². The van der Waals surface area contributed by atoms with Crippen LogP contribution < -0.4 is 11.1 Å². The molecule has 4 N–H and O–H groups in total. The molecule has 0 aromatic heterocycles. The number of benzene rings is 1. The minimum atomic E-state index is -0.570. The van der Waals surface area contributed by atoms with Crippen LogP contribution in [0.25, 0.3) is 0 Å². The second-order valence-electron chi connectivity index (χ2n) is 4.75. The van der Waals surface area contributed by atoms with Gasteiger partial charge in [-0.25, -0.2) is 0 Å². The molecule has 0 saturated carbocycles. The van der Waals surface area contributed by atoms with Crippen molar-refractivity contribution < 1.29 is 10.0 Å². The Hall–Kier alpha value is -2.04. The standard InChI is InChI=1S/C15H23N3O2/c1-3-5-13(14(16)18-20)15(19)17-10-12-8-6-11(4-2)7-9-12/h6-9,13,20H,3-5,10H2,1-2H3,(H2,16,18)(H,17,19). The van der Waals surface area contributed by atoms with Gasteiger partial charge in [0.1, 0.15) is 0 Å². The Morgan fingerprint density at radius 2 is 1.90 bits per heavy atom. The third-order valence-electron chi connectivity index (χ3n) is 3.26. The zero-order chi connectivity index (χ0) is 15.0. The maximum absolute atomic E-state index is 12.0. The summed E-state index contributed by atoms with van der Waals surface area (Å²) in [5.74, 6) is -0.813. The molecule has 0 fully saturated rings. The van der Waals surface area contributed by atoms with Crippen molar-refractivity contribution in [2.45, 2.75) is 39.7 Å². The summed E-state index contributed by atoms with van der Waals surface area (Å²) in [6.45, 7) is 4.50. The van der Waals surface area contributed by atoms with E-state index in [9.17, 15) is 4.79 Å². The zero-order valence-corrected chi connectivity index (χ0v) is 12.1. The van der Waals surface area contributed by atoms with Crippen molar-refractivity contribution in [2.75, 3.05) is 0 Å². The first-order chi connectivity index (χ1) is 9.62. The molecule has 0 aliphatic heterocycles. The van der Waals surface area contributed by atoms with Crippen LogP contribution >= 0.6 is 0 Å². The van der Waals surface area contributed by atoms with E-state index >= 15 is 0 Å². The third-order valence-corrected chi connectivity index (χ3v) is 3.26. The van der Waals surface area contributed by atoms with Crippen molar-refractivity contribution in [3.63, 3.8) is 0 Å². The van der Waals surface area contributed by atoms with E-state index in [1.165, 1.54) is 5.56 Å². The van der Waals surface area contributed by atoms with E-state index < -0.39 is 5.92 Å². The number of hydrogen-bond acceptors (Lipinski definition) is 3. The minimum Gasteiger partial charge on any atom is -0.409 e. The minimum absolute atomic E-state index is 0.0364. The van der Waals surface area contributed by atoms with Crippen LogP contribution in [0.2, 0.25) is 0 Å². The third kappa shape index (κ3) is 4.57. The van der Waals surface area contributed by atoms with Gasteiger partial charge >= 0.3 is 0 Å².